The van der Waals surface area contributed by atoms with Gasteiger partial charge in [0, 0.05) is 38.4 Å². The molecule has 1 aromatic rings. The van der Waals surface area contributed by atoms with Crippen LogP contribution in [0.2, 0.25) is 0 Å². The molecule has 2 heterocycles. The maximum Gasteiger partial charge on any atom is 0.0757 e. The first kappa shape index (κ1) is 15.5. The molecule has 1 aliphatic heterocycles. The molecule has 2 N–H and O–H groups in total. The minimum atomic E-state index is -0.125. The van der Waals surface area contributed by atoms with Crippen LogP contribution in [0.15, 0.2) is 6.20 Å². The zero-order valence-electron chi connectivity index (χ0n) is 13.4. The molecule has 0 bridgehead atoms. The van der Waals surface area contributed by atoms with Gasteiger partial charge in [-0.2, -0.15) is 5.10 Å². The third kappa shape index (κ3) is 3.22. The van der Waals surface area contributed by atoms with Crippen LogP contribution in [0, 0.1) is 0 Å². The van der Waals surface area contributed by atoms with Crippen molar-refractivity contribution in [3.8, 4) is 0 Å². The Labute approximate surface area is 122 Å². The number of nitrogens with two attached hydrogens (primary N) is 1. The molecule has 114 valence electrons. The van der Waals surface area contributed by atoms with E-state index >= 15 is 0 Å². The Hall–Kier alpha value is -0.910. The van der Waals surface area contributed by atoms with E-state index < -0.39 is 0 Å². The van der Waals surface area contributed by atoms with Crippen molar-refractivity contribution in [1.29, 1.82) is 0 Å². The smallest absolute Gasteiger partial charge is 0.0757 e. The van der Waals surface area contributed by atoms with Gasteiger partial charge in [-0.25, -0.2) is 0 Å². The largest absolute Gasteiger partial charge is 0.370 e. The van der Waals surface area contributed by atoms with Gasteiger partial charge in [0.15, 0.2) is 0 Å². The standard InChI is InChI=1S/C15H28N4O/c1-6-13-12(9-18(5)17-13)14(7-16)19-8-11(2)20-15(3,4)10-19/h9,11,14H,6-8,10,16H2,1-5H3. The van der Waals surface area contributed by atoms with E-state index in [4.69, 9.17) is 10.5 Å². The highest BCUT2D eigenvalue weighted by Gasteiger charge is 2.35. The van der Waals surface area contributed by atoms with Crippen molar-refractivity contribution in [3.63, 3.8) is 0 Å². The zero-order valence-corrected chi connectivity index (χ0v) is 13.4. The highest BCUT2D eigenvalue weighted by molar-refractivity contribution is 5.22. The Balaban J connectivity index is 2.27. The molecule has 1 saturated heterocycles. The van der Waals surface area contributed by atoms with Crippen LogP contribution in [-0.4, -0.2) is 46.0 Å². The first-order valence-corrected chi connectivity index (χ1v) is 7.50. The number of hydrogen-bond acceptors (Lipinski definition) is 4. The minimum Gasteiger partial charge on any atom is -0.370 e. The Kier molecular flexibility index (Phi) is 4.52. The zero-order chi connectivity index (χ0) is 14.9. The van der Waals surface area contributed by atoms with Crippen molar-refractivity contribution in [2.24, 2.45) is 12.8 Å². The van der Waals surface area contributed by atoms with Gasteiger partial charge in [-0.05, 0) is 27.2 Å². The Morgan fingerprint density at radius 2 is 2.25 bits per heavy atom. The Bertz CT molecular complexity index is 455. The van der Waals surface area contributed by atoms with Crippen molar-refractivity contribution >= 4 is 0 Å². The molecule has 5 heteroatoms. The summed E-state index contributed by atoms with van der Waals surface area (Å²) in [5, 5.41) is 4.55. The predicted molar refractivity (Wildman–Crippen MR) is 80.6 cm³/mol. The molecule has 0 aromatic carbocycles. The number of hydrogen-bond donors (Lipinski definition) is 1. The van der Waals surface area contributed by atoms with E-state index in [0.29, 0.717) is 6.54 Å². The molecular weight excluding hydrogens is 252 g/mol. The molecule has 2 unspecified atom stereocenters. The summed E-state index contributed by atoms with van der Waals surface area (Å²) in [6, 6.07) is 0.226. The van der Waals surface area contributed by atoms with Gasteiger partial charge < -0.3 is 10.5 Å². The van der Waals surface area contributed by atoms with Gasteiger partial charge in [-0.1, -0.05) is 6.92 Å². The minimum absolute atomic E-state index is 0.125. The lowest BCUT2D eigenvalue weighted by Gasteiger charge is -2.45. The van der Waals surface area contributed by atoms with Crippen LogP contribution < -0.4 is 5.73 Å². The second kappa shape index (κ2) is 5.84. The monoisotopic (exact) mass is 280 g/mol. The van der Waals surface area contributed by atoms with E-state index in [1.165, 1.54) is 5.56 Å². The van der Waals surface area contributed by atoms with Gasteiger partial charge in [0.1, 0.15) is 0 Å². The van der Waals surface area contributed by atoms with Crippen LogP contribution in [0.5, 0.6) is 0 Å². The molecule has 1 aliphatic rings. The first-order chi connectivity index (χ1) is 9.36. The number of rotatable bonds is 4. The SMILES string of the molecule is CCc1nn(C)cc1C(CN)N1CC(C)OC(C)(C)C1. The molecule has 1 fully saturated rings. The van der Waals surface area contributed by atoms with Gasteiger partial charge in [0.05, 0.1) is 23.4 Å². The lowest BCUT2D eigenvalue weighted by Crippen LogP contribution is -2.53. The van der Waals surface area contributed by atoms with Gasteiger partial charge in [-0.3, -0.25) is 9.58 Å². The normalized spacial score (nSPS) is 24.8. The molecule has 0 radical (unpaired) electrons. The molecule has 0 aliphatic carbocycles. The van der Waals surface area contributed by atoms with Crippen LogP contribution in [0.25, 0.3) is 0 Å². The number of ether oxygens (including phenoxy) is 1. The quantitative estimate of drug-likeness (QED) is 0.907. The predicted octanol–water partition coefficient (Wildman–Crippen LogP) is 1.48. The molecule has 2 rings (SSSR count). The average Bonchev–Trinajstić information content (AvgIpc) is 2.69. The molecule has 0 spiro atoms. The fourth-order valence-electron chi connectivity index (χ4n) is 3.32. The van der Waals surface area contributed by atoms with Crippen molar-refractivity contribution in [3.05, 3.63) is 17.5 Å². The van der Waals surface area contributed by atoms with Crippen LogP contribution >= 0.6 is 0 Å². The molecule has 0 saturated carbocycles. The second-order valence-electron chi connectivity index (χ2n) is 6.43. The maximum absolute atomic E-state index is 6.08. The fraction of sp³-hybridized carbons (Fsp3) is 0.800. The fourth-order valence-corrected chi connectivity index (χ4v) is 3.32. The topological polar surface area (TPSA) is 56.3 Å². The summed E-state index contributed by atoms with van der Waals surface area (Å²) in [6.45, 7) is 11.0. The van der Waals surface area contributed by atoms with E-state index in [2.05, 4.69) is 43.9 Å². The van der Waals surface area contributed by atoms with Crippen molar-refractivity contribution in [1.82, 2.24) is 14.7 Å². The number of nitrogens with zero attached hydrogens (tertiary/aromatic N) is 3. The summed E-state index contributed by atoms with van der Waals surface area (Å²) >= 11 is 0. The van der Waals surface area contributed by atoms with Crippen molar-refractivity contribution in [2.45, 2.75) is 51.9 Å². The Morgan fingerprint density at radius 3 is 2.80 bits per heavy atom. The van der Waals surface area contributed by atoms with Crippen LogP contribution in [0.4, 0.5) is 0 Å². The lowest BCUT2D eigenvalue weighted by molar-refractivity contribution is -0.137. The van der Waals surface area contributed by atoms with Gasteiger partial charge in [-0.15, -0.1) is 0 Å². The highest BCUT2D eigenvalue weighted by Crippen LogP contribution is 2.30. The molecule has 2 atom stereocenters. The van der Waals surface area contributed by atoms with Crippen LogP contribution in [0.3, 0.4) is 0 Å². The van der Waals surface area contributed by atoms with E-state index in [0.717, 1.165) is 25.2 Å². The molecule has 5 nitrogen and oxygen atoms in total. The van der Waals surface area contributed by atoms with Crippen LogP contribution in [0.1, 0.15) is 45.0 Å². The molecule has 0 amide bonds. The van der Waals surface area contributed by atoms with Crippen molar-refractivity contribution in [2.75, 3.05) is 19.6 Å². The van der Waals surface area contributed by atoms with Gasteiger partial charge in [0.25, 0.3) is 0 Å². The maximum atomic E-state index is 6.08. The number of aryl methyl sites for hydroxylation is 2. The highest BCUT2D eigenvalue weighted by atomic mass is 16.5. The number of aromatic nitrogens is 2. The lowest BCUT2D eigenvalue weighted by atomic mass is 9.99. The van der Waals surface area contributed by atoms with Gasteiger partial charge >= 0.3 is 0 Å². The molecule has 1 aromatic heterocycles. The van der Waals surface area contributed by atoms with Gasteiger partial charge in [0.2, 0.25) is 0 Å². The Morgan fingerprint density at radius 1 is 1.55 bits per heavy atom. The number of morpholine rings is 1. The molecular formula is C15H28N4O. The van der Waals surface area contributed by atoms with Crippen LogP contribution in [-0.2, 0) is 18.2 Å². The summed E-state index contributed by atoms with van der Waals surface area (Å²) in [4.78, 5) is 2.45. The average molecular weight is 280 g/mol. The van der Waals surface area contributed by atoms with E-state index in [-0.39, 0.29) is 17.7 Å². The first-order valence-electron chi connectivity index (χ1n) is 7.50. The van der Waals surface area contributed by atoms with E-state index in [1.54, 1.807) is 0 Å². The summed E-state index contributed by atoms with van der Waals surface area (Å²) in [5.74, 6) is 0. The summed E-state index contributed by atoms with van der Waals surface area (Å²) in [5.41, 5.74) is 8.38. The summed E-state index contributed by atoms with van der Waals surface area (Å²) in [7, 11) is 1.97. The van der Waals surface area contributed by atoms with Crippen molar-refractivity contribution < 1.29 is 4.74 Å². The third-order valence-electron chi connectivity index (χ3n) is 3.89. The summed E-state index contributed by atoms with van der Waals surface area (Å²) < 4.78 is 7.89. The molecule has 20 heavy (non-hydrogen) atoms. The third-order valence-corrected chi connectivity index (χ3v) is 3.89. The van der Waals surface area contributed by atoms with E-state index in [9.17, 15) is 0 Å². The van der Waals surface area contributed by atoms with E-state index in [1.807, 2.05) is 11.7 Å². The summed E-state index contributed by atoms with van der Waals surface area (Å²) in [6.07, 6.45) is 3.29. The second-order valence-corrected chi connectivity index (χ2v) is 6.43.